The van der Waals surface area contributed by atoms with Crippen molar-refractivity contribution >= 4 is 5.69 Å². The highest BCUT2D eigenvalue weighted by molar-refractivity contribution is 5.46. The summed E-state index contributed by atoms with van der Waals surface area (Å²) < 4.78 is 5.22. The number of nitro benzene ring substituents is 1. The van der Waals surface area contributed by atoms with Gasteiger partial charge in [0.25, 0.3) is 0 Å². The molecule has 0 saturated heterocycles. The van der Waals surface area contributed by atoms with Gasteiger partial charge in [0, 0.05) is 24.0 Å². The van der Waals surface area contributed by atoms with E-state index in [1.54, 1.807) is 12.1 Å². The summed E-state index contributed by atoms with van der Waals surface area (Å²) in [5, 5.41) is 19.6. The number of aliphatic hydroxyl groups is 1. The fraction of sp³-hybridized carbons (Fsp3) is 0.0909. The first kappa shape index (κ1) is 11.9. The summed E-state index contributed by atoms with van der Waals surface area (Å²) in [6, 6.07) is 5.94. The van der Waals surface area contributed by atoms with Crippen LogP contribution in [0.4, 0.5) is 5.69 Å². The van der Waals surface area contributed by atoms with E-state index in [1.165, 1.54) is 24.5 Å². The summed E-state index contributed by atoms with van der Waals surface area (Å²) in [4.78, 5) is 17.9. The molecule has 0 radical (unpaired) electrons. The third kappa shape index (κ3) is 2.58. The third-order valence-corrected chi connectivity index (χ3v) is 2.13. The maximum atomic E-state index is 10.8. The molecule has 1 aromatic heterocycles. The second-order valence-electron chi connectivity index (χ2n) is 3.36. The Labute approximate surface area is 102 Å². The van der Waals surface area contributed by atoms with E-state index in [0.717, 1.165) is 0 Å². The molecular weight excluding hydrogens is 238 g/mol. The van der Waals surface area contributed by atoms with E-state index >= 15 is 0 Å². The molecule has 18 heavy (non-hydrogen) atoms. The standard InChI is InChI=1S/C11H9N3O4/c15-7-8-5-12-11(13-6-8)18-10-4-2-1-3-9(10)14(16)17/h1-6,15H,7H2. The summed E-state index contributed by atoms with van der Waals surface area (Å²) >= 11 is 0. The van der Waals surface area contributed by atoms with Gasteiger partial charge in [0.1, 0.15) is 0 Å². The lowest BCUT2D eigenvalue weighted by Gasteiger charge is -2.04. The summed E-state index contributed by atoms with van der Waals surface area (Å²) in [5.74, 6) is 0.0687. The molecule has 0 amide bonds. The van der Waals surface area contributed by atoms with Crippen LogP contribution in [-0.2, 0) is 6.61 Å². The zero-order chi connectivity index (χ0) is 13.0. The summed E-state index contributed by atoms with van der Waals surface area (Å²) in [6.07, 6.45) is 2.77. The van der Waals surface area contributed by atoms with Crippen molar-refractivity contribution in [2.75, 3.05) is 0 Å². The smallest absolute Gasteiger partial charge is 0.322 e. The monoisotopic (exact) mass is 247 g/mol. The first-order valence-corrected chi connectivity index (χ1v) is 5.04. The second-order valence-corrected chi connectivity index (χ2v) is 3.36. The van der Waals surface area contributed by atoms with Crippen LogP contribution in [0.1, 0.15) is 5.56 Å². The fourth-order valence-corrected chi connectivity index (χ4v) is 1.27. The molecule has 1 N–H and O–H groups in total. The molecule has 0 aliphatic heterocycles. The Kier molecular flexibility index (Phi) is 3.44. The molecule has 0 aliphatic carbocycles. The Morgan fingerprint density at radius 3 is 2.56 bits per heavy atom. The molecule has 2 rings (SSSR count). The normalized spacial score (nSPS) is 10.1. The van der Waals surface area contributed by atoms with Gasteiger partial charge in [0.05, 0.1) is 11.5 Å². The average molecular weight is 247 g/mol. The van der Waals surface area contributed by atoms with Crippen molar-refractivity contribution in [2.24, 2.45) is 0 Å². The molecule has 2 aromatic rings. The molecule has 0 atom stereocenters. The molecule has 7 heteroatoms. The van der Waals surface area contributed by atoms with Gasteiger partial charge in [-0.05, 0) is 6.07 Å². The number of nitro groups is 1. The molecule has 0 spiro atoms. The van der Waals surface area contributed by atoms with Crippen LogP contribution in [0.2, 0.25) is 0 Å². The minimum atomic E-state index is -0.544. The van der Waals surface area contributed by atoms with Crippen LogP contribution in [0.5, 0.6) is 11.8 Å². The van der Waals surface area contributed by atoms with Crippen molar-refractivity contribution in [1.82, 2.24) is 9.97 Å². The van der Waals surface area contributed by atoms with E-state index < -0.39 is 4.92 Å². The predicted molar refractivity (Wildman–Crippen MR) is 61.1 cm³/mol. The number of aromatic nitrogens is 2. The highest BCUT2D eigenvalue weighted by atomic mass is 16.6. The number of para-hydroxylation sites is 2. The Hall–Kier alpha value is -2.54. The molecule has 0 bridgehead atoms. The Bertz CT molecular complexity index is 556. The number of rotatable bonds is 4. The van der Waals surface area contributed by atoms with Gasteiger partial charge in [-0.15, -0.1) is 0 Å². The van der Waals surface area contributed by atoms with Crippen LogP contribution in [0, 0.1) is 10.1 Å². The predicted octanol–water partition coefficient (Wildman–Crippen LogP) is 1.67. The van der Waals surface area contributed by atoms with Gasteiger partial charge in [-0.2, -0.15) is 0 Å². The number of hydrogen-bond acceptors (Lipinski definition) is 6. The number of ether oxygens (including phenoxy) is 1. The lowest BCUT2D eigenvalue weighted by atomic mass is 10.3. The molecule has 1 heterocycles. The van der Waals surface area contributed by atoms with Crippen LogP contribution < -0.4 is 4.74 Å². The summed E-state index contributed by atoms with van der Waals surface area (Å²) in [5.41, 5.74) is 0.372. The quantitative estimate of drug-likeness (QED) is 0.651. The first-order valence-electron chi connectivity index (χ1n) is 5.04. The molecule has 0 saturated carbocycles. The zero-order valence-corrected chi connectivity index (χ0v) is 9.18. The van der Waals surface area contributed by atoms with Crippen molar-refractivity contribution in [2.45, 2.75) is 6.61 Å². The Morgan fingerprint density at radius 2 is 1.94 bits per heavy atom. The average Bonchev–Trinajstić information content (AvgIpc) is 2.40. The van der Waals surface area contributed by atoms with Crippen molar-refractivity contribution in [3.63, 3.8) is 0 Å². The molecule has 0 fully saturated rings. The molecular formula is C11H9N3O4. The minimum Gasteiger partial charge on any atom is -0.417 e. The Morgan fingerprint density at radius 1 is 1.28 bits per heavy atom. The van der Waals surface area contributed by atoms with Crippen molar-refractivity contribution < 1.29 is 14.8 Å². The fourth-order valence-electron chi connectivity index (χ4n) is 1.27. The third-order valence-electron chi connectivity index (χ3n) is 2.13. The van der Waals surface area contributed by atoms with E-state index in [4.69, 9.17) is 9.84 Å². The van der Waals surface area contributed by atoms with Gasteiger partial charge in [-0.1, -0.05) is 12.1 Å². The molecule has 7 nitrogen and oxygen atoms in total. The van der Waals surface area contributed by atoms with E-state index in [9.17, 15) is 10.1 Å². The highest BCUT2D eigenvalue weighted by Gasteiger charge is 2.15. The second kappa shape index (κ2) is 5.19. The molecule has 1 aromatic carbocycles. The molecule has 0 aliphatic rings. The van der Waals surface area contributed by atoms with Crippen LogP contribution in [0.25, 0.3) is 0 Å². The van der Waals surface area contributed by atoms with Gasteiger partial charge in [0.15, 0.2) is 0 Å². The maximum Gasteiger partial charge on any atom is 0.322 e. The Balaban J connectivity index is 2.25. The number of nitrogens with zero attached hydrogens (tertiary/aromatic N) is 3. The molecule has 92 valence electrons. The van der Waals surface area contributed by atoms with Gasteiger partial charge < -0.3 is 9.84 Å². The lowest BCUT2D eigenvalue weighted by molar-refractivity contribution is -0.385. The number of aliphatic hydroxyl groups excluding tert-OH is 1. The number of hydrogen-bond donors (Lipinski definition) is 1. The SMILES string of the molecule is O=[N+]([O-])c1ccccc1Oc1ncc(CO)cn1. The topological polar surface area (TPSA) is 98.4 Å². The zero-order valence-electron chi connectivity index (χ0n) is 9.18. The van der Waals surface area contributed by atoms with E-state index in [-0.39, 0.29) is 24.1 Å². The van der Waals surface area contributed by atoms with Crippen LogP contribution in [0.3, 0.4) is 0 Å². The minimum absolute atomic E-state index is 0.0125. The number of benzene rings is 1. The van der Waals surface area contributed by atoms with Gasteiger partial charge in [-0.25, -0.2) is 9.97 Å². The van der Waals surface area contributed by atoms with E-state index in [2.05, 4.69) is 9.97 Å². The summed E-state index contributed by atoms with van der Waals surface area (Å²) in [7, 11) is 0. The van der Waals surface area contributed by atoms with E-state index in [1.807, 2.05) is 0 Å². The van der Waals surface area contributed by atoms with Crippen LogP contribution in [-0.4, -0.2) is 20.0 Å². The van der Waals surface area contributed by atoms with Crippen molar-refractivity contribution in [3.05, 3.63) is 52.3 Å². The summed E-state index contributed by atoms with van der Waals surface area (Å²) in [6.45, 7) is -0.175. The van der Waals surface area contributed by atoms with Crippen molar-refractivity contribution in [1.29, 1.82) is 0 Å². The maximum absolute atomic E-state index is 10.8. The van der Waals surface area contributed by atoms with E-state index in [0.29, 0.717) is 5.56 Å². The van der Waals surface area contributed by atoms with Gasteiger partial charge >= 0.3 is 11.7 Å². The molecule has 0 unspecified atom stereocenters. The lowest BCUT2D eigenvalue weighted by Crippen LogP contribution is -1.97. The van der Waals surface area contributed by atoms with Crippen LogP contribution >= 0.6 is 0 Å². The largest absolute Gasteiger partial charge is 0.417 e. The van der Waals surface area contributed by atoms with Gasteiger partial charge in [-0.3, -0.25) is 10.1 Å². The van der Waals surface area contributed by atoms with Gasteiger partial charge in [0.2, 0.25) is 5.75 Å². The first-order chi connectivity index (χ1) is 8.70. The van der Waals surface area contributed by atoms with Crippen molar-refractivity contribution in [3.8, 4) is 11.8 Å². The van der Waals surface area contributed by atoms with Crippen LogP contribution in [0.15, 0.2) is 36.7 Å². The highest BCUT2D eigenvalue weighted by Crippen LogP contribution is 2.28.